The molecule has 2 heterocycles. The molecule has 94 valence electrons. The number of halogens is 1. The van der Waals surface area contributed by atoms with Gasteiger partial charge in [-0.15, -0.1) is 6.42 Å². The predicted octanol–water partition coefficient (Wildman–Crippen LogP) is 3.67. The second-order valence-corrected chi connectivity index (χ2v) is 5.18. The number of hydrogen-bond acceptors (Lipinski definition) is 1. The first kappa shape index (κ1) is 12.6. The smallest absolute Gasteiger partial charge is 0.148 e. The quantitative estimate of drug-likeness (QED) is 0.762. The van der Waals surface area contributed by atoms with Gasteiger partial charge in [-0.2, -0.15) is 0 Å². The molecule has 2 nitrogen and oxygen atoms in total. The molecule has 0 spiro atoms. The molecular weight excluding hydrogens is 227 g/mol. The second-order valence-electron chi connectivity index (χ2n) is 5.18. The van der Waals surface area contributed by atoms with Crippen molar-refractivity contribution in [2.75, 3.05) is 0 Å². The van der Waals surface area contributed by atoms with Crippen LogP contribution in [0.25, 0.3) is 11.0 Å². The summed E-state index contributed by atoms with van der Waals surface area (Å²) < 4.78 is 14.2. The van der Waals surface area contributed by atoms with E-state index in [-0.39, 0.29) is 0 Å². The molecule has 0 unspecified atom stereocenters. The highest BCUT2D eigenvalue weighted by Crippen LogP contribution is 2.32. The van der Waals surface area contributed by atoms with Crippen LogP contribution in [-0.4, -0.2) is 9.97 Å². The van der Waals surface area contributed by atoms with Gasteiger partial charge in [0.2, 0.25) is 0 Å². The lowest BCUT2D eigenvalue weighted by Gasteiger charge is -2.17. The maximum absolute atomic E-state index is 14.2. The molecule has 0 aliphatic carbocycles. The first-order valence-corrected chi connectivity index (χ1v) is 5.92. The minimum Gasteiger partial charge on any atom is -0.357 e. The van der Waals surface area contributed by atoms with Crippen molar-refractivity contribution in [1.82, 2.24) is 9.97 Å². The number of nitrogens with zero attached hydrogens (tertiary/aromatic N) is 1. The fourth-order valence-electron chi connectivity index (χ4n) is 2.19. The Kier molecular flexibility index (Phi) is 2.70. The van der Waals surface area contributed by atoms with E-state index < -0.39 is 5.67 Å². The summed E-state index contributed by atoms with van der Waals surface area (Å²) in [5.41, 5.74) is 4.04. The van der Waals surface area contributed by atoms with Crippen molar-refractivity contribution in [1.29, 1.82) is 0 Å². The molecule has 1 N–H and O–H groups in total. The number of terminal acetylenes is 1. The van der Waals surface area contributed by atoms with Crippen LogP contribution in [0.4, 0.5) is 4.39 Å². The maximum atomic E-state index is 14.2. The van der Waals surface area contributed by atoms with Crippen LogP contribution in [0, 0.1) is 33.1 Å². The third-order valence-corrected chi connectivity index (χ3v) is 3.38. The zero-order valence-electron chi connectivity index (χ0n) is 11.4. The number of rotatable bonds is 1. The Morgan fingerprint density at radius 3 is 2.33 bits per heavy atom. The maximum Gasteiger partial charge on any atom is 0.148 e. The van der Waals surface area contributed by atoms with E-state index >= 15 is 0 Å². The van der Waals surface area contributed by atoms with E-state index in [1.54, 1.807) is 0 Å². The van der Waals surface area contributed by atoms with Crippen molar-refractivity contribution in [2.45, 2.75) is 40.3 Å². The number of H-pyrrole nitrogens is 1. The molecule has 2 aromatic heterocycles. The molecule has 0 saturated carbocycles. The van der Waals surface area contributed by atoms with Crippen molar-refractivity contribution < 1.29 is 4.39 Å². The summed E-state index contributed by atoms with van der Waals surface area (Å²) in [6, 6.07) is 0. The molecule has 0 aliphatic heterocycles. The SMILES string of the molecule is C#Cc1c(C(C)(C)F)nc2c(C)c(C)[nH]c2c1C. The minimum absolute atomic E-state index is 0.345. The summed E-state index contributed by atoms with van der Waals surface area (Å²) in [6.45, 7) is 8.83. The lowest BCUT2D eigenvalue weighted by molar-refractivity contribution is 0.214. The number of aromatic amines is 1. The normalized spacial score (nSPS) is 11.8. The number of alkyl halides is 1. The lowest BCUT2D eigenvalue weighted by Crippen LogP contribution is -2.15. The average molecular weight is 244 g/mol. The zero-order valence-corrected chi connectivity index (χ0v) is 11.4. The van der Waals surface area contributed by atoms with Gasteiger partial charge in [0, 0.05) is 5.69 Å². The van der Waals surface area contributed by atoms with Gasteiger partial charge in [-0.3, -0.25) is 0 Å². The summed E-state index contributed by atoms with van der Waals surface area (Å²) in [6.07, 6.45) is 5.51. The van der Waals surface area contributed by atoms with Crippen LogP contribution in [-0.2, 0) is 5.67 Å². The second kappa shape index (κ2) is 3.84. The van der Waals surface area contributed by atoms with Gasteiger partial charge in [0.05, 0.1) is 22.3 Å². The van der Waals surface area contributed by atoms with Crippen LogP contribution in [0.15, 0.2) is 0 Å². The summed E-state index contributed by atoms with van der Waals surface area (Å²) >= 11 is 0. The number of fused-ring (bicyclic) bond motifs is 1. The molecule has 0 fully saturated rings. The highest BCUT2D eigenvalue weighted by Gasteiger charge is 2.27. The molecule has 0 atom stereocenters. The van der Waals surface area contributed by atoms with E-state index in [0.29, 0.717) is 11.3 Å². The highest BCUT2D eigenvalue weighted by atomic mass is 19.1. The van der Waals surface area contributed by atoms with Gasteiger partial charge in [-0.05, 0) is 45.7 Å². The Balaban J connectivity index is 2.97. The number of pyridine rings is 1. The van der Waals surface area contributed by atoms with Gasteiger partial charge in [0.15, 0.2) is 0 Å². The van der Waals surface area contributed by atoms with E-state index in [1.165, 1.54) is 13.8 Å². The van der Waals surface area contributed by atoms with Gasteiger partial charge in [0.25, 0.3) is 0 Å². The van der Waals surface area contributed by atoms with Crippen LogP contribution in [0.2, 0.25) is 0 Å². The third kappa shape index (κ3) is 1.69. The molecule has 0 saturated heterocycles. The monoisotopic (exact) mass is 244 g/mol. The first-order chi connectivity index (χ1) is 8.27. The number of hydrogen-bond donors (Lipinski definition) is 1. The minimum atomic E-state index is -1.54. The molecule has 3 heteroatoms. The van der Waals surface area contributed by atoms with Gasteiger partial charge in [-0.1, -0.05) is 5.92 Å². The van der Waals surface area contributed by atoms with Gasteiger partial charge < -0.3 is 4.98 Å². The Morgan fingerprint density at radius 1 is 1.22 bits per heavy atom. The van der Waals surface area contributed by atoms with Crippen molar-refractivity contribution in [3.8, 4) is 12.3 Å². The fraction of sp³-hybridized carbons (Fsp3) is 0.400. The molecule has 18 heavy (non-hydrogen) atoms. The largest absolute Gasteiger partial charge is 0.357 e. The Bertz CT molecular complexity index is 667. The summed E-state index contributed by atoms with van der Waals surface area (Å²) in [7, 11) is 0. The van der Waals surface area contributed by atoms with Crippen molar-refractivity contribution >= 4 is 11.0 Å². The molecule has 2 rings (SSSR count). The first-order valence-electron chi connectivity index (χ1n) is 5.92. The highest BCUT2D eigenvalue weighted by molar-refractivity contribution is 5.85. The predicted molar refractivity (Wildman–Crippen MR) is 72.4 cm³/mol. The van der Waals surface area contributed by atoms with Crippen LogP contribution < -0.4 is 0 Å². The van der Waals surface area contributed by atoms with Gasteiger partial charge in [0.1, 0.15) is 5.67 Å². The summed E-state index contributed by atoms with van der Waals surface area (Å²) in [5.74, 6) is 2.57. The topological polar surface area (TPSA) is 28.7 Å². The molecule has 0 radical (unpaired) electrons. The van der Waals surface area contributed by atoms with E-state index in [9.17, 15) is 4.39 Å². The van der Waals surface area contributed by atoms with E-state index in [0.717, 1.165) is 27.9 Å². The van der Waals surface area contributed by atoms with Gasteiger partial charge >= 0.3 is 0 Å². The van der Waals surface area contributed by atoms with Crippen LogP contribution >= 0.6 is 0 Å². The zero-order chi connectivity index (χ0) is 13.7. The molecule has 0 aromatic carbocycles. The molecular formula is C15H17FN2. The van der Waals surface area contributed by atoms with E-state index in [2.05, 4.69) is 15.9 Å². The van der Waals surface area contributed by atoms with E-state index in [1.807, 2.05) is 20.8 Å². The summed E-state index contributed by atoms with van der Waals surface area (Å²) in [4.78, 5) is 7.72. The molecule has 0 bridgehead atoms. The number of aryl methyl sites for hydroxylation is 3. The average Bonchev–Trinajstić information content (AvgIpc) is 2.55. The molecule has 2 aromatic rings. The van der Waals surface area contributed by atoms with Crippen LogP contribution in [0.3, 0.4) is 0 Å². The fourth-order valence-corrected chi connectivity index (χ4v) is 2.19. The number of nitrogens with one attached hydrogen (secondary N) is 1. The van der Waals surface area contributed by atoms with Crippen LogP contribution in [0.1, 0.15) is 41.9 Å². The van der Waals surface area contributed by atoms with Crippen molar-refractivity contribution in [3.63, 3.8) is 0 Å². The number of aromatic nitrogens is 2. The Morgan fingerprint density at radius 2 is 1.83 bits per heavy atom. The van der Waals surface area contributed by atoms with E-state index in [4.69, 9.17) is 6.42 Å². The molecule has 0 aliphatic rings. The Labute approximate surface area is 107 Å². The Hall–Kier alpha value is -1.82. The standard InChI is InChI=1S/C15H17FN2/c1-7-11-9(3)13-12(8(2)10(4)17-13)18-14(11)15(5,6)16/h1,17H,2-6H3. The summed E-state index contributed by atoms with van der Waals surface area (Å²) in [5, 5.41) is 0. The third-order valence-electron chi connectivity index (χ3n) is 3.38. The van der Waals surface area contributed by atoms with Crippen molar-refractivity contribution in [2.24, 2.45) is 0 Å². The van der Waals surface area contributed by atoms with Crippen molar-refractivity contribution in [3.05, 3.63) is 28.1 Å². The lowest BCUT2D eigenvalue weighted by atomic mass is 9.96. The van der Waals surface area contributed by atoms with Crippen LogP contribution in [0.5, 0.6) is 0 Å². The van der Waals surface area contributed by atoms with Gasteiger partial charge in [-0.25, -0.2) is 9.37 Å². The molecule has 0 amide bonds.